The van der Waals surface area contributed by atoms with Crippen molar-refractivity contribution in [1.82, 2.24) is 4.57 Å². The molecule has 0 bridgehead atoms. The number of aliphatic hydroxyl groups is 1. The predicted octanol–water partition coefficient (Wildman–Crippen LogP) is 7.42. The topological polar surface area (TPSA) is 77.8 Å². The molecule has 0 radical (unpaired) electrons. The molecule has 3 aliphatic rings. The Labute approximate surface area is 255 Å². The van der Waals surface area contributed by atoms with Gasteiger partial charge in [0.05, 0.1) is 13.2 Å². The lowest BCUT2D eigenvalue weighted by atomic mass is 9.77. The van der Waals surface area contributed by atoms with Gasteiger partial charge in [-0.25, -0.2) is 0 Å². The third kappa shape index (κ3) is 6.75. The zero-order valence-corrected chi connectivity index (χ0v) is 25.4. The van der Waals surface area contributed by atoms with E-state index in [9.17, 15) is 14.7 Å². The minimum atomic E-state index is -0.638. The number of rotatable bonds is 11. The summed E-state index contributed by atoms with van der Waals surface area (Å²) in [6.45, 7) is 0. The molecular formula is C37H45NO5. The highest BCUT2D eigenvalue weighted by atomic mass is 16.5. The zero-order valence-electron chi connectivity index (χ0n) is 25.4. The van der Waals surface area contributed by atoms with E-state index in [0.717, 1.165) is 74.0 Å². The zero-order chi connectivity index (χ0) is 29.8. The molecular weight excluding hydrogens is 538 g/mol. The first-order valence-corrected chi connectivity index (χ1v) is 16.3. The fourth-order valence-corrected chi connectivity index (χ4v) is 7.84. The second-order valence-corrected chi connectivity index (χ2v) is 13.1. The first-order valence-electron chi connectivity index (χ1n) is 16.3. The molecule has 43 heavy (non-hydrogen) atoms. The molecule has 2 fully saturated rings. The van der Waals surface area contributed by atoms with Crippen LogP contribution in [0.2, 0.25) is 0 Å². The number of Topliss-reactive ketones (excluding diaryl/α,β-unsaturated/α-hetero) is 1. The second kappa shape index (κ2) is 13.1. The lowest BCUT2D eigenvalue weighted by Gasteiger charge is -2.40. The molecule has 6 nitrogen and oxygen atoms in total. The van der Waals surface area contributed by atoms with Crippen molar-refractivity contribution in [2.75, 3.05) is 7.11 Å². The number of ether oxygens (including phenoxy) is 2. The Hall–Kier alpha value is -3.38. The van der Waals surface area contributed by atoms with E-state index < -0.39 is 6.10 Å². The maximum Gasteiger partial charge on any atom is 0.250 e. The van der Waals surface area contributed by atoms with E-state index in [4.69, 9.17) is 9.47 Å². The van der Waals surface area contributed by atoms with Crippen molar-refractivity contribution < 1.29 is 19.4 Å². The number of carbonyl (C=O) groups excluding carboxylic acids is 1. The van der Waals surface area contributed by atoms with Crippen LogP contribution in [0.1, 0.15) is 110 Å². The van der Waals surface area contributed by atoms with Crippen molar-refractivity contribution >= 4 is 5.78 Å². The highest BCUT2D eigenvalue weighted by molar-refractivity contribution is 5.96. The normalized spacial score (nSPS) is 20.8. The summed E-state index contributed by atoms with van der Waals surface area (Å²) in [5.74, 6) is 1.78. The summed E-state index contributed by atoms with van der Waals surface area (Å²) in [5.41, 5.74) is 2.68. The van der Waals surface area contributed by atoms with Crippen LogP contribution in [0.5, 0.6) is 11.5 Å². The number of nitrogens with zero attached hydrogens (tertiary/aromatic N) is 1. The van der Waals surface area contributed by atoms with E-state index in [1.165, 1.54) is 18.9 Å². The molecule has 1 aromatic heterocycles. The summed E-state index contributed by atoms with van der Waals surface area (Å²) in [6.07, 6.45) is 13.1. The van der Waals surface area contributed by atoms with Gasteiger partial charge in [-0.3, -0.25) is 9.59 Å². The minimum Gasteiger partial charge on any atom is -0.497 e. The van der Waals surface area contributed by atoms with Gasteiger partial charge in [0.25, 0.3) is 5.56 Å². The molecule has 1 aliphatic heterocycles. The lowest BCUT2D eigenvalue weighted by molar-refractivity contribution is 0.0343. The summed E-state index contributed by atoms with van der Waals surface area (Å²) >= 11 is 0. The molecule has 0 unspecified atom stereocenters. The number of methoxy groups -OCH3 is 1. The van der Waals surface area contributed by atoms with E-state index in [-0.39, 0.29) is 41.2 Å². The van der Waals surface area contributed by atoms with Crippen LogP contribution >= 0.6 is 0 Å². The Kier molecular flexibility index (Phi) is 9.03. The van der Waals surface area contributed by atoms with Gasteiger partial charge >= 0.3 is 0 Å². The highest BCUT2D eigenvalue weighted by Gasteiger charge is 2.43. The Morgan fingerprint density at radius 1 is 1.05 bits per heavy atom. The summed E-state index contributed by atoms with van der Waals surface area (Å²) in [6, 6.07) is 19.6. The Morgan fingerprint density at radius 2 is 1.81 bits per heavy atom. The number of pyridine rings is 1. The average molecular weight is 584 g/mol. The van der Waals surface area contributed by atoms with Crippen LogP contribution in [-0.4, -0.2) is 34.3 Å². The van der Waals surface area contributed by atoms with Crippen LogP contribution in [0.4, 0.5) is 0 Å². The molecule has 0 amide bonds. The average Bonchev–Trinajstić information content (AvgIpc) is 3.73. The molecule has 2 saturated carbocycles. The Bertz CT molecular complexity index is 1450. The highest BCUT2D eigenvalue weighted by Crippen LogP contribution is 2.50. The first-order chi connectivity index (χ1) is 20.9. The van der Waals surface area contributed by atoms with Crippen LogP contribution in [-0.2, 0) is 6.42 Å². The van der Waals surface area contributed by atoms with Gasteiger partial charge in [-0.05, 0) is 106 Å². The number of aliphatic hydroxyl groups excluding tert-OH is 1. The molecule has 1 spiro atoms. The maximum atomic E-state index is 13.7. The second-order valence-electron chi connectivity index (χ2n) is 13.1. The van der Waals surface area contributed by atoms with Crippen LogP contribution in [0.15, 0.2) is 71.7 Å². The van der Waals surface area contributed by atoms with Crippen LogP contribution < -0.4 is 15.0 Å². The van der Waals surface area contributed by atoms with Crippen LogP contribution in [0.3, 0.4) is 0 Å². The van der Waals surface area contributed by atoms with Crippen molar-refractivity contribution in [3.63, 3.8) is 0 Å². The van der Waals surface area contributed by atoms with Gasteiger partial charge in [0, 0.05) is 35.9 Å². The smallest absolute Gasteiger partial charge is 0.250 e. The Balaban J connectivity index is 1.20. The van der Waals surface area contributed by atoms with Crippen molar-refractivity contribution in [2.45, 2.75) is 107 Å². The number of carbonyl (C=O) groups is 1. The van der Waals surface area contributed by atoms with Gasteiger partial charge in [-0.1, -0.05) is 43.2 Å². The van der Waals surface area contributed by atoms with Gasteiger partial charge in [0.2, 0.25) is 0 Å². The molecule has 2 heterocycles. The van der Waals surface area contributed by atoms with Crippen LogP contribution in [0, 0.1) is 5.92 Å². The number of benzene rings is 2. The largest absolute Gasteiger partial charge is 0.497 e. The SMILES string of the molecule is COc1ccc2c(c1)[C@@H](CC[C@@H](O)[C@@H](CC(=O)c1ccc(=O)n(C3CCCC3)c1)Cc1ccccc1)CC1(CCCC1)O2. The van der Waals surface area contributed by atoms with Crippen molar-refractivity contribution in [3.8, 4) is 11.5 Å². The molecule has 0 saturated heterocycles. The van der Waals surface area contributed by atoms with Crippen molar-refractivity contribution in [2.24, 2.45) is 5.92 Å². The molecule has 228 valence electrons. The molecule has 6 heteroatoms. The number of fused-ring (bicyclic) bond motifs is 1. The molecule has 2 aromatic carbocycles. The molecule has 3 aromatic rings. The molecule has 1 N–H and O–H groups in total. The Morgan fingerprint density at radius 3 is 2.56 bits per heavy atom. The number of hydrogen-bond donors (Lipinski definition) is 1. The van der Waals surface area contributed by atoms with Crippen molar-refractivity contribution in [1.29, 1.82) is 0 Å². The fourth-order valence-electron chi connectivity index (χ4n) is 7.84. The van der Waals surface area contributed by atoms with E-state index in [1.54, 1.807) is 23.9 Å². The van der Waals surface area contributed by atoms with Gasteiger partial charge < -0.3 is 19.1 Å². The maximum absolute atomic E-state index is 13.7. The van der Waals surface area contributed by atoms with E-state index in [0.29, 0.717) is 18.4 Å². The van der Waals surface area contributed by atoms with E-state index >= 15 is 0 Å². The lowest BCUT2D eigenvalue weighted by Crippen LogP contribution is -2.38. The van der Waals surface area contributed by atoms with E-state index in [2.05, 4.69) is 18.2 Å². The quantitative estimate of drug-likeness (QED) is 0.238. The molecule has 6 rings (SSSR count). The third-order valence-electron chi connectivity index (χ3n) is 10.2. The minimum absolute atomic E-state index is 0.0159. The summed E-state index contributed by atoms with van der Waals surface area (Å²) in [4.78, 5) is 26.3. The molecule has 2 aliphatic carbocycles. The van der Waals surface area contributed by atoms with Crippen LogP contribution in [0.25, 0.3) is 0 Å². The third-order valence-corrected chi connectivity index (χ3v) is 10.2. The van der Waals surface area contributed by atoms with Gasteiger partial charge in [-0.15, -0.1) is 0 Å². The number of hydrogen-bond acceptors (Lipinski definition) is 5. The fraction of sp³-hybridized carbons (Fsp3) is 0.514. The first kappa shape index (κ1) is 29.7. The van der Waals surface area contributed by atoms with Gasteiger partial charge in [-0.2, -0.15) is 0 Å². The predicted molar refractivity (Wildman–Crippen MR) is 168 cm³/mol. The monoisotopic (exact) mass is 583 g/mol. The van der Waals surface area contributed by atoms with Gasteiger partial charge in [0.15, 0.2) is 5.78 Å². The summed E-state index contributed by atoms with van der Waals surface area (Å²) < 4.78 is 13.9. The summed E-state index contributed by atoms with van der Waals surface area (Å²) in [5, 5.41) is 11.7. The summed E-state index contributed by atoms with van der Waals surface area (Å²) in [7, 11) is 1.69. The molecule has 3 atom stereocenters. The van der Waals surface area contributed by atoms with E-state index in [1.807, 2.05) is 30.3 Å². The van der Waals surface area contributed by atoms with Gasteiger partial charge in [0.1, 0.15) is 17.1 Å². The van der Waals surface area contributed by atoms with Crippen molar-refractivity contribution in [3.05, 3.63) is 93.9 Å². The number of aromatic nitrogens is 1. The number of ketones is 1. The standard InChI is InChI=1S/C37H45NO5/c1-42-31-15-17-35-32(23-31)27(24-37(43-35)19-7-8-20-37)13-16-33(39)29(21-26-9-3-2-4-10-26)22-34(40)28-14-18-36(41)38(25-28)30-11-5-6-12-30/h2-4,9-10,14-15,17-18,23,25,27,29-30,33,39H,5-8,11-13,16,19-22,24H2,1H3/t27-,29+,33+/m0/s1.